The second-order valence-electron chi connectivity index (χ2n) is 8.42. The quantitative estimate of drug-likeness (QED) is 0.722. The van der Waals surface area contributed by atoms with E-state index in [1.807, 2.05) is 51.1 Å². The van der Waals surface area contributed by atoms with Gasteiger partial charge in [0, 0.05) is 19.5 Å². The Balaban J connectivity index is 1.71. The van der Waals surface area contributed by atoms with Crippen LogP contribution in [0.25, 0.3) is 0 Å². The smallest absolute Gasteiger partial charge is 0.410 e. The van der Waals surface area contributed by atoms with E-state index in [1.54, 1.807) is 4.90 Å². The van der Waals surface area contributed by atoms with Crippen molar-refractivity contribution in [1.29, 1.82) is 0 Å². The Hall–Kier alpha value is -2.04. The summed E-state index contributed by atoms with van der Waals surface area (Å²) in [5.74, 6) is -0.162. The number of amides is 1. The second-order valence-corrected chi connectivity index (χ2v) is 8.42. The maximum Gasteiger partial charge on any atom is 0.410 e. The Labute approximate surface area is 156 Å². The Morgan fingerprint density at radius 1 is 1.12 bits per heavy atom. The Morgan fingerprint density at radius 3 is 2.31 bits per heavy atom. The predicted molar refractivity (Wildman–Crippen MR) is 101 cm³/mol. The van der Waals surface area contributed by atoms with Crippen molar-refractivity contribution < 1.29 is 19.1 Å². The van der Waals surface area contributed by atoms with E-state index in [-0.39, 0.29) is 17.5 Å². The molecule has 0 aromatic heterocycles. The molecular weight excluding hydrogens is 330 g/mol. The number of rotatable bonds is 5. The average Bonchev–Trinajstić information content (AvgIpc) is 2.58. The minimum atomic E-state index is -0.472. The lowest BCUT2D eigenvalue weighted by molar-refractivity contribution is -0.145. The molecule has 144 valence electrons. The van der Waals surface area contributed by atoms with Crippen LogP contribution < -0.4 is 0 Å². The van der Waals surface area contributed by atoms with Crippen molar-refractivity contribution in [2.24, 2.45) is 5.41 Å². The fourth-order valence-electron chi connectivity index (χ4n) is 3.02. The van der Waals surface area contributed by atoms with Crippen LogP contribution in [0.2, 0.25) is 0 Å². The number of hydrogen-bond donors (Lipinski definition) is 0. The summed E-state index contributed by atoms with van der Waals surface area (Å²) in [5, 5.41) is 0. The lowest BCUT2D eigenvalue weighted by Gasteiger charge is -2.39. The van der Waals surface area contributed by atoms with Gasteiger partial charge in [-0.15, -0.1) is 0 Å². The first-order valence-corrected chi connectivity index (χ1v) is 9.34. The van der Waals surface area contributed by atoms with E-state index < -0.39 is 5.60 Å². The van der Waals surface area contributed by atoms with Crippen molar-refractivity contribution in [3.05, 3.63) is 35.9 Å². The number of likely N-dealkylation sites (tertiary alicyclic amines) is 1. The molecule has 0 bridgehead atoms. The van der Waals surface area contributed by atoms with Crippen LogP contribution in [0.3, 0.4) is 0 Å². The van der Waals surface area contributed by atoms with E-state index in [2.05, 4.69) is 6.92 Å². The van der Waals surface area contributed by atoms with E-state index in [0.717, 1.165) is 24.8 Å². The fraction of sp³-hybridized carbons (Fsp3) is 0.619. The van der Waals surface area contributed by atoms with Crippen LogP contribution in [0.5, 0.6) is 0 Å². The molecule has 5 heteroatoms. The third kappa shape index (κ3) is 6.70. The first-order valence-electron chi connectivity index (χ1n) is 9.34. The molecule has 1 aromatic carbocycles. The highest BCUT2D eigenvalue weighted by Crippen LogP contribution is 2.36. The Morgan fingerprint density at radius 2 is 1.73 bits per heavy atom. The topological polar surface area (TPSA) is 55.8 Å². The number of carbonyl (C=O) groups is 2. The van der Waals surface area contributed by atoms with Crippen LogP contribution in [0.4, 0.5) is 4.79 Å². The molecule has 1 amide bonds. The third-order valence-corrected chi connectivity index (χ3v) is 4.80. The highest BCUT2D eigenvalue weighted by molar-refractivity contribution is 5.69. The van der Waals surface area contributed by atoms with Crippen LogP contribution in [-0.2, 0) is 20.9 Å². The van der Waals surface area contributed by atoms with Gasteiger partial charge in [-0.2, -0.15) is 0 Å². The zero-order valence-electron chi connectivity index (χ0n) is 16.4. The molecule has 0 N–H and O–H groups in total. The molecule has 0 radical (unpaired) electrons. The molecule has 1 aliphatic rings. The molecule has 5 nitrogen and oxygen atoms in total. The largest absolute Gasteiger partial charge is 0.461 e. The summed E-state index contributed by atoms with van der Waals surface area (Å²) in [6, 6.07) is 9.70. The third-order valence-electron chi connectivity index (χ3n) is 4.80. The van der Waals surface area contributed by atoms with Gasteiger partial charge in [-0.25, -0.2) is 4.79 Å². The predicted octanol–water partition coefficient (Wildman–Crippen LogP) is 4.55. The standard InChI is InChI=1S/C21H31NO4/c1-20(2,3)26-19(24)22-14-12-21(4,13-15-22)11-10-18(23)25-16-17-8-6-5-7-9-17/h5-9H,10-16H2,1-4H3. The number of carbonyl (C=O) groups excluding carboxylic acids is 2. The first-order chi connectivity index (χ1) is 12.2. The zero-order chi connectivity index (χ0) is 19.2. The molecule has 0 saturated carbocycles. The molecular formula is C21H31NO4. The molecule has 0 atom stereocenters. The van der Waals surface area contributed by atoms with Crippen LogP contribution in [0, 0.1) is 5.41 Å². The van der Waals surface area contributed by atoms with Crippen molar-refractivity contribution in [3.63, 3.8) is 0 Å². The van der Waals surface area contributed by atoms with E-state index in [1.165, 1.54) is 0 Å². The number of nitrogens with zero attached hydrogens (tertiary/aromatic N) is 1. The maximum absolute atomic E-state index is 12.1. The van der Waals surface area contributed by atoms with Crippen LogP contribution >= 0.6 is 0 Å². The SMILES string of the molecule is CC1(CCC(=O)OCc2ccccc2)CCN(C(=O)OC(C)(C)C)CC1. The lowest BCUT2D eigenvalue weighted by Crippen LogP contribution is -2.44. The molecule has 0 unspecified atom stereocenters. The van der Waals surface area contributed by atoms with Crippen molar-refractivity contribution >= 4 is 12.1 Å². The zero-order valence-corrected chi connectivity index (χ0v) is 16.4. The highest BCUT2D eigenvalue weighted by atomic mass is 16.6. The van der Waals surface area contributed by atoms with Gasteiger partial charge in [0.25, 0.3) is 0 Å². The molecule has 2 rings (SSSR count). The van der Waals surface area contributed by atoms with Crippen molar-refractivity contribution in [2.45, 2.75) is 65.6 Å². The monoisotopic (exact) mass is 361 g/mol. The number of hydrogen-bond acceptors (Lipinski definition) is 4. The van der Waals surface area contributed by atoms with Crippen LogP contribution in [0.15, 0.2) is 30.3 Å². The number of esters is 1. The van der Waals surface area contributed by atoms with Gasteiger partial charge in [-0.3, -0.25) is 4.79 Å². The fourth-order valence-corrected chi connectivity index (χ4v) is 3.02. The van der Waals surface area contributed by atoms with Gasteiger partial charge < -0.3 is 14.4 Å². The average molecular weight is 361 g/mol. The molecule has 1 saturated heterocycles. The molecule has 1 heterocycles. The minimum Gasteiger partial charge on any atom is -0.461 e. The summed E-state index contributed by atoms with van der Waals surface area (Å²) >= 11 is 0. The summed E-state index contributed by atoms with van der Waals surface area (Å²) < 4.78 is 10.8. The van der Waals surface area contributed by atoms with Gasteiger partial charge in [-0.05, 0) is 51.0 Å². The van der Waals surface area contributed by atoms with Crippen molar-refractivity contribution in [3.8, 4) is 0 Å². The summed E-state index contributed by atoms with van der Waals surface area (Å²) in [4.78, 5) is 25.9. The summed E-state index contributed by atoms with van der Waals surface area (Å²) in [6.45, 7) is 9.47. The summed E-state index contributed by atoms with van der Waals surface area (Å²) in [7, 11) is 0. The normalized spacial score (nSPS) is 16.8. The Bertz CT molecular complexity index is 598. The maximum atomic E-state index is 12.1. The second kappa shape index (κ2) is 8.56. The van der Waals surface area contributed by atoms with Crippen LogP contribution in [-0.4, -0.2) is 35.7 Å². The summed E-state index contributed by atoms with van der Waals surface area (Å²) in [6.07, 6.45) is 2.69. The highest BCUT2D eigenvalue weighted by Gasteiger charge is 2.33. The summed E-state index contributed by atoms with van der Waals surface area (Å²) in [5.41, 5.74) is 0.586. The van der Waals surface area contributed by atoms with Gasteiger partial charge >= 0.3 is 12.1 Å². The van der Waals surface area contributed by atoms with E-state index in [0.29, 0.717) is 26.1 Å². The van der Waals surface area contributed by atoms with E-state index >= 15 is 0 Å². The lowest BCUT2D eigenvalue weighted by atomic mass is 9.77. The van der Waals surface area contributed by atoms with Gasteiger partial charge in [0.2, 0.25) is 0 Å². The van der Waals surface area contributed by atoms with Gasteiger partial charge in [0.1, 0.15) is 12.2 Å². The van der Waals surface area contributed by atoms with Gasteiger partial charge in [-0.1, -0.05) is 37.3 Å². The minimum absolute atomic E-state index is 0.0598. The first kappa shape index (κ1) is 20.3. The molecule has 1 fully saturated rings. The van der Waals surface area contributed by atoms with Crippen molar-refractivity contribution in [2.75, 3.05) is 13.1 Å². The van der Waals surface area contributed by atoms with Crippen LogP contribution in [0.1, 0.15) is 58.9 Å². The number of ether oxygens (including phenoxy) is 2. The Kier molecular flexibility index (Phi) is 6.68. The number of piperidine rings is 1. The van der Waals surface area contributed by atoms with Crippen molar-refractivity contribution in [1.82, 2.24) is 4.90 Å². The molecule has 1 aromatic rings. The molecule has 1 aliphatic heterocycles. The molecule has 0 aliphatic carbocycles. The van der Waals surface area contributed by atoms with E-state index in [4.69, 9.17) is 9.47 Å². The molecule has 26 heavy (non-hydrogen) atoms. The van der Waals surface area contributed by atoms with Gasteiger partial charge in [0.05, 0.1) is 0 Å². The van der Waals surface area contributed by atoms with E-state index in [9.17, 15) is 9.59 Å². The van der Waals surface area contributed by atoms with Gasteiger partial charge in [0.15, 0.2) is 0 Å². The number of benzene rings is 1. The molecule has 0 spiro atoms.